The van der Waals surface area contributed by atoms with Gasteiger partial charge in [0.1, 0.15) is 11.6 Å². The lowest BCUT2D eigenvalue weighted by Crippen LogP contribution is -2.12. The highest BCUT2D eigenvalue weighted by Gasteiger charge is 2.16. The highest BCUT2D eigenvalue weighted by atomic mass is 32.1. The summed E-state index contributed by atoms with van der Waals surface area (Å²) in [5.41, 5.74) is 0.845. The summed E-state index contributed by atoms with van der Waals surface area (Å²) in [7, 11) is 0. The van der Waals surface area contributed by atoms with Gasteiger partial charge in [0.05, 0.1) is 4.92 Å². The highest BCUT2D eigenvalue weighted by Crippen LogP contribution is 2.28. The van der Waals surface area contributed by atoms with Gasteiger partial charge in [-0.05, 0) is 18.2 Å². The fraction of sp³-hybridized carbons (Fsp3) is 0.308. The minimum Gasteiger partial charge on any atom is -0.479 e. The molecule has 2 rings (SSSR count). The van der Waals surface area contributed by atoms with Crippen LogP contribution in [0.1, 0.15) is 17.5 Å². The molecule has 6 nitrogen and oxygen atoms in total. The number of aromatic nitrogens is 1. The summed E-state index contributed by atoms with van der Waals surface area (Å²) in [6.45, 7) is 3.64. The Hall–Kier alpha value is -1.99. The van der Waals surface area contributed by atoms with E-state index < -0.39 is 4.92 Å². The van der Waals surface area contributed by atoms with Crippen molar-refractivity contribution in [2.24, 2.45) is 0 Å². The Morgan fingerprint density at radius 3 is 3.00 bits per heavy atom. The van der Waals surface area contributed by atoms with Crippen LogP contribution in [0, 0.1) is 10.1 Å². The monoisotopic (exact) mass is 293 g/mol. The molecule has 0 aliphatic carbocycles. The van der Waals surface area contributed by atoms with Crippen LogP contribution in [0.4, 0.5) is 5.69 Å². The zero-order valence-corrected chi connectivity index (χ0v) is 11.9. The number of hydrogen-bond donors (Lipinski definition) is 1. The Morgan fingerprint density at radius 1 is 1.50 bits per heavy atom. The number of thiazole rings is 1. The van der Waals surface area contributed by atoms with Gasteiger partial charge in [-0.2, -0.15) is 0 Å². The van der Waals surface area contributed by atoms with Gasteiger partial charge in [0.15, 0.2) is 5.75 Å². The van der Waals surface area contributed by atoms with E-state index >= 15 is 0 Å². The summed E-state index contributed by atoms with van der Waals surface area (Å²) in [6, 6.07) is 5.01. The van der Waals surface area contributed by atoms with Crippen molar-refractivity contribution in [3.05, 3.63) is 50.5 Å². The number of ether oxygens (including phenoxy) is 1. The number of benzene rings is 1. The molecule has 0 aliphatic rings. The van der Waals surface area contributed by atoms with Gasteiger partial charge < -0.3 is 10.1 Å². The second-order valence-corrected chi connectivity index (χ2v) is 5.03. The van der Waals surface area contributed by atoms with E-state index in [0.717, 1.165) is 17.1 Å². The summed E-state index contributed by atoms with van der Waals surface area (Å²) in [4.78, 5) is 14.8. The van der Waals surface area contributed by atoms with Gasteiger partial charge in [-0.25, -0.2) is 4.98 Å². The smallest absolute Gasteiger partial charge is 0.311 e. The van der Waals surface area contributed by atoms with E-state index in [1.54, 1.807) is 18.3 Å². The van der Waals surface area contributed by atoms with Crippen LogP contribution in [0.15, 0.2) is 29.8 Å². The highest BCUT2D eigenvalue weighted by molar-refractivity contribution is 7.09. The topological polar surface area (TPSA) is 77.3 Å². The Balaban J connectivity index is 2.12. The predicted octanol–water partition coefficient (Wildman–Crippen LogP) is 2.74. The average molecular weight is 293 g/mol. The molecule has 0 atom stereocenters. The molecule has 1 aromatic heterocycles. The minimum absolute atomic E-state index is 0.0167. The maximum Gasteiger partial charge on any atom is 0.311 e. The molecule has 0 saturated heterocycles. The Labute approximate surface area is 120 Å². The van der Waals surface area contributed by atoms with Gasteiger partial charge >= 0.3 is 5.69 Å². The number of nitrogens with zero attached hydrogens (tertiary/aromatic N) is 2. The molecular weight excluding hydrogens is 278 g/mol. The largest absolute Gasteiger partial charge is 0.479 e. The van der Waals surface area contributed by atoms with Crippen LogP contribution >= 0.6 is 11.3 Å². The number of rotatable bonds is 7. The van der Waals surface area contributed by atoms with Gasteiger partial charge in [-0.1, -0.05) is 13.0 Å². The van der Waals surface area contributed by atoms with E-state index in [-0.39, 0.29) is 18.0 Å². The molecule has 1 N–H and O–H groups in total. The van der Waals surface area contributed by atoms with Crippen molar-refractivity contribution in [1.29, 1.82) is 0 Å². The summed E-state index contributed by atoms with van der Waals surface area (Å²) in [6.07, 6.45) is 1.68. The molecule has 0 unspecified atom stereocenters. The zero-order chi connectivity index (χ0) is 14.4. The first-order valence-electron chi connectivity index (χ1n) is 6.20. The second kappa shape index (κ2) is 6.97. The van der Waals surface area contributed by atoms with Crippen molar-refractivity contribution >= 4 is 17.0 Å². The number of hydrogen-bond acceptors (Lipinski definition) is 6. The number of nitro benzene ring substituents is 1. The van der Waals surface area contributed by atoms with Crippen molar-refractivity contribution in [3.63, 3.8) is 0 Å². The van der Waals surface area contributed by atoms with Gasteiger partial charge in [0, 0.05) is 24.2 Å². The molecule has 2 aromatic rings. The molecule has 0 saturated carbocycles. The van der Waals surface area contributed by atoms with E-state index in [1.807, 2.05) is 18.4 Å². The van der Waals surface area contributed by atoms with Crippen LogP contribution in [0.5, 0.6) is 5.75 Å². The van der Waals surface area contributed by atoms with Crippen molar-refractivity contribution in [1.82, 2.24) is 10.3 Å². The molecule has 0 radical (unpaired) electrons. The molecule has 0 aliphatic heterocycles. The van der Waals surface area contributed by atoms with Gasteiger partial charge in [0.2, 0.25) is 0 Å². The molecule has 1 aromatic carbocycles. The third-order valence-corrected chi connectivity index (χ3v) is 3.39. The van der Waals surface area contributed by atoms with Crippen LogP contribution in [0.25, 0.3) is 0 Å². The quantitative estimate of drug-likeness (QED) is 0.627. The zero-order valence-electron chi connectivity index (χ0n) is 11.0. The molecule has 0 spiro atoms. The molecule has 0 fully saturated rings. The number of nitro groups is 1. The van der Waals surface area contributed by atoms with Gasteiger partial charge in [0.25, 0.3) is 0 Å². The van der Waals surface area contributed by atoms with E-state index in [4.69, 9.17) is 4.74 Å². The Morgan fingerprint density at radius 2 is 2.35 bits per heavy atom. The summed E-state index contributed by atoms with van der Waals surface area (Å²) >= 11 is 1.45. The van der Waals surface area contributed by atoms with E-state index in [1.165, 1.54) is 11.3 Å². The lowest BCUT2D eigenvalue weighted by atomic mass is 10.2. The van der Waals surface area contributed by atoms with E-state index in [2.05, 4.69) is 10.3 Å². The van der Waals surface area contributed by atoms with Crippen molar-refractivity contribution in [2.75, 3.05) is 6.54 Å². The average Bonchev–Trinajstić information content (AvgIpc) is 2.96. The summed E-state index contributed by atoms with van der Waals surface area (Å²) < 4.78 is 5.49. The fourth-order valence-corrected chi connectivity index (χ4v) is 2.20. The minimum atomic E-state index is -0.424. The molecule has 0 bridgehead atoms. The Bertz CT molecular complexity index is 572. The third kappa shape index (κ3) is 3.75. The van der Waals surface area contributed by atoms with Crippen LogP contribution in [0.2, 0.25) is 0 Å². The lowest BCUT2D eigenvalue weighted by molar-refractivity contribution is -0.386. The maximum atomic E-state index is 11.1. The molecule has 106 valence electrons. The molecule has 7 heteroatoms. The first-order valence-corrected chi connectivity index (χ1v) is 7.08. The first kappa shape index (κ1) is 14.4. The molecule has 0 amide bonds. The normalized spacial score (nSPS) is 10.4. The van der Waals surface area contributed by atoms with Crippen LogP contribution in [-0.2, 0) is 13.2 Å². The van der Waals surface area contributed by atoms with Crippen LogP contribution < -0.4 is 10.1 Å². The van der Waals surface area contributed by atoms with Crippen molar-refractivity contribution < 1.29 is 9.66 Å². The second-order valence-electron chi connectivity index (χ2n) is 4.05. The van der Waals surface area contributed by atoms with Crippen molar-refractivity contribution in [3.8, 4) is 5.75 Å². The van der Waals surface area contributed by atoms with Crippen molar-refractivity contribution in [2.45, 2.75) is 20.1 Å². The SMILES string of the molecule is CCNCc1ccc(OCc2nccs2)c([N+](=O)[O-])c1. The third-order valence-electron chi connectivity index (χ3n) is 2.63. The molecule has 20 heavy (non-hydrogen) atoms. The lowest BCUT2D eigenvalue weighted by Gasteiger charge is -2.07. The molecular formula is C13H15N3O3S. The standard InChI is InChI=1S/C13H15N3O3S/c1-2-14-8-10-3-4-12(11(7-10)16(17)18)19-9-13-15-5-6-20-13/h3-7,14H,2,8-9H2,1H3. The Kier molecular flexibility index (Phi) is 5.03. The van der Waals surface area contributed by atoms with Crippen LogP contribution in [-0.4, -0.2) is 16.5 Å². The summed E-state index contributed by atoms with van der Waals surface area (Å²) in [5, 5.41) is 16.9. The predicted molar refractivity (Wildman–Crippen MR) is 76.9 cm³/mol. The van der Waals surface area contributed by atoms with Crippen LogP contribution in [0.3, 0.4) is 0 Å². The first-order chi connectivity index (χ1) is 9.70. The van der Waals surface area contributed by atoms with Gasteiger partial charge in [-0.3, -0.25) is 10.1 Å². The molecule has 1 heterocycles. The maximum absolute atomic E-state index is 11.1. The number of nitrogens with one attached hydrogen (secondary N) is 1. The fourth-order valence-electron chi connectivity index (χ4n) is 1.67. The van der Waals surface area contributed by atoms with Gasteiger partial charge in [-0.15, -0.1) is 11.3 Å². The van der Waals surface area contributed by atoms with E-state index in [0.29, 0.717) is 6.54 Å². The van der Waals surface area contributed by atoms with E-state index in [9.17, 15) is 10.1 Å². The summed E-state index contributed by atoms with van der Waals surface area (Å²) in [5.74, 6) is 0.269.